The van der Waals surface area contributed by atoms with Crippen molar-refractivity contribution in [3.05, 3.63) is 37.3 Å². The van der Waals surface area contributed by atoms with Crippen LogP contribution in [0.4, 0.5) is 11.4 Å². The summed E-state index contributed by atoms with van der Waals surface area (Å²) in [5, 5.41) is 32.1. The fourth-order valence-corrected chi connectivity index (χ4v) is 1.88. The minimum atomic E-state index is -0.601. The molecule has 2 rings (SSSR count). The van der Waals surface area contributed by atoms with Crippen molar-refractivity contribution in [2.75, 3.05) is 0 Å². The summed E-state index contributed by atoms with van der Waals surface area (Å²) >= 11 is 0. The highest BCUT2D eigenvalue weighted by molar-refractivity contribution is 5.53. The Balaban J connectivity index is 2.71. The van der Waals surface area contributed by atoms with Gasteiger partial charge in [0.25, 0.3) is 5.82 Å². The maximum Gasteiger partial charge on any atom is 0.335 e. The lowest BCUT2D eigenvalue weighted by atomic mass is 10.3. The Bertz CT molecular complexity index is 685. The third-order valence-electron chi connectivity index (χ3n) is 2.72. The van der Waals surface area contributed by atoms with Crippen LogP contribution in [-0.2, 0) is 0 Å². The molecule has 0 atom stereocenters. The molecule has 10 heteroatoms. The van der Waals surface area contributed by atoms with Crippen molar-refractivity contribution < 1.29 is 9.85 Å². The molecule has 0 amide bonds. The van der Waals surface area contributed by atoms with Crippen LogP contribution >= 0.6 is 0 Å². The Hall–Kier alpha value is -2.78. The molecule has 10 nitrogen and oxygen atoms in total. The topological polar surface area (TPSA) is 133 Å². The number of aromatic nitrogens is 4. The number of hydrogen-bond acceptors (Lipinski definition) is 6. The Morgan fingerprint density at radius 1 is 1.11 bits per heavy atom. The van der Waals surface area contributed by atoms with Crippen molar-refractivity contribution in [2.45, 2.75) is 20.8 Å². The van der Waals surface area contributed by atoms with Crippen LogP contribution in [0.1, 0.15) is 17.1 Å². The number of nitro groups is 2. The summed E-state index contributed by atoms with van der Waals surface area (Å²) in [6.45, 7) is 4.42. The summed E-state index contributed by atoms with van der Waals surface area (Å²) in [6.07, 6.45) is 0. The van der Waals surface area contributed by atoms with Crippen LogP contribution in [-0.4, -0.2) is 29.8 Å². The summed E-state index contributed by atoms with van der Waals surface area (Å²) in [6, 6.07) is 0. The number of rotatable bonds is 3. The van der Waals surface area contributed by atoms with Gasteiger partial charge in [-0.3, -0.25) is 25.3 Å². The predicted octanol–water partition coefficient (Wildman–Crippen LogP) is 1.34. The third kappa shape index (κ3) is 1.82. The van der Waals surface area contributed by atoms with Crippen LogP contribution in [0.2, 0.25) is 0 Å². The second kappa shape index (κ2) is 4.15. The van der Waals surface area contributed by atoms with Crippen molar-refractivity contribution in [1.29, 1.82) is 0 Å². The molecule has 0 spiro atoms. The van der Waals surface area contributed by atoms with Crippen LogP contribution in [0.5, 0.6) is 0 Å². The summed E-state index contributed by atoms with van der Waals surface area (Å²) in [5.74, 6) is -0.0591. The van der Waals surface area contributed by atoms with E-state index in [9.17, 15) is 20.2 Å². The highest BCUT2D eigenvalue weighted by Crippen LogP contribution is 2.29. The van der Waals surface area contributed by atoms with Crippen molar-refractivity contribution in [2.24, 2.45) is 0 Å². The molecule has 0 aliphatic carbocycles. The van der Waals surface area contributed by atoms with E-state index >= 15 is 0 Å². The van der Waals surface area contributed by atoms with E-state index in [1.54, 1.807) is 0 Å². The number of aromatic amines is 1. The minimum absolute atomic E-state index is 0.0591. The van der Waals surface area contributed by atoms with E-state index < -0.39 is 9.85 Å². The van der Waals surface area contributed by atoms with Crippen LogP contribution in [0, 0.1) is 41.0 Å². The van der Waals surface area contributed by atoms with Crippen molar-refractivity contribution in [1.82, 2.24) is 20.0 Å². The first kappa shape index (κ1) is 12.7. The molecule has 2 aromatic rings. The molecule has 2 aromatic heterocycles. The third-order valence-corrected chi connectivity index (χ3v) is 2.72. The van der Waals surface area contributed by atoms with Crippen LogP contribution in [0.3, 0.4) is 0 Å². The molecule has 0 radical (unpaired) electrons. The predicted molar refractivity (Wildman–Crippen MR) is 63.2 cm³/mol. The minimum Gasteiger partial charge on any atom is -0.273 e. The molecule has 0 aliphatic rings. The molecular weight excluding hydrogens is 256 g/mol. The lowest BCUT2D eigenvalue weighted by molar-refractivity contribution is -0.386. The van der Waals surface area contributed by atoms with Gasteiger partial charge in [0.05, 0.1) is 9.85 Å². The van der Waals surface area contributed by atoms with Gasteiger partial charge in [0, 0.05) is 0 Å². The van der Waals surface area contributed by atoms with Crippen molar-refractivity contribution in [3.8, 4) is 5.82 Å². The zero-order valence-corrected chi connectivity index (χ0v) is 10.4. The van der Waals surface area contributed by atoms with Gasteiger partial charge in [0.2, 0.25) is 0 Å². The normalized spacial score (nSPS) is 10.7. The molecule has 19 heavy (non-hydrogen) atoms. The molecule has 0 fully saturated rings. The summed E-state index contributed by atoms with van der Waals surface area (Å²) in [5.41, 5.74) is 0.209. The molecule has 0 aliphatic heterocycles. The zero-order valence-electron chi connectivity index (χ0n) is 10.4. The first-order chi connectivity index (χ1) is 8.84. The van der Waals surface area contributed by atoms with Gasteiger partial charge in [0.15, 0.2) is 0 Å². The zero-order chi connectivity index (χ0) is 14.3. The Morgan fingerprint density at radius 3 is 2.16 bits per heavy atom. The quantitative estimate of drug-likeness (QED) is 0.658. The molecule has 2 heterocycles. The van der Waals surface area contributed by atoms with Gasteiger partial charge in [-0.15, -0.1) is 5.10 Å². The number of nitrogens with zero attached hydrogens (tertiary/aromatic N) is 5. The summed E-state index contributed by atoms with van der Waals surface area (Å²) in [7, 11) is 0. The molecule has 0 aromatic carbocycles. The van der Waals surface area contributed by atoms with Gasteiger partial charge < -0.3 is 0 Å². The lowest BCUT2D eigenvalue weighted by Gasteiger charge is -1.98. The molecule has 0 unspecified atom stereocenters. The molecular formula is C9H10N6O4. The summed E-state index contributed by atoms with van der Waals surface area (Å²) < 4.78 is 1.11. The average Bonchev–Trinajstić information content (AvgIpc) is 2.79. The maximum atomic E-state index is 11.0. The number of aryl methyl sites for hydroxylation is 2. The second-order valence-electron chi connectivity index (χ2n) is 3.97. The Morgan fingerprint density at radius 2 is 1.68 bits per heavy atom. The monoisotopic (exact) mass is 266 g/mol. The van der Waals surface area contributed by atoms with E-state index in [0.29, 0.717) is 0 Å². The van der Waals surface area contributed by atoms with Crippen molar-refractivity contribution in [3.63, 3.8) is 0 Å². The van der Waals surface area contributed by atoms with Crippen LogP contribution in [0.25, 0.3) is 5.82 Å². The largest absolute Gasteiger partial charge is 0.335 e. The first-order valence-corrected chi connectivity index (χ1v) is 5.25. The SMILES string of the molecule is Cc1nn(-c2n[nH]c(C)c2[N+](=O)[O-])c(C)c1[N+](=O)[O-]. The van der Waals surface area contributed by atoms with E-state index in [0.717, 1.165) is 4.68 Å². The van der Waals surface area contributed by atoms with E-state index in [2.05, 4.69) is 15.3 Å². The van der Waals surface area contributed by atoms with Gasteiger partial charge in [-0.2, -0.15) is 5.10 Å². The molecule has 0 bridgehead atoms. The lowest BCUT2D eigenvalue weighted by Crippen LogP contribution is -2.03. The number of H-pyrrole nitrogens is 1. The molecule has 100 valence electrons. The van der Waals surface area contributed by atoms with Gasteiger partial charge in [-0.1, -0.05) is 0 Å². The Labute approximate surface area is 106 Å². The van der Waals surface area contributed by atoms with Crippen LogP contribution in [0.15, 0.2) is 0 Å². The maximum absolute atomic E-state index is 11.0. The Kier molecular flexibility index (Phi) is 2.77. The highest BCUT2D eigenvalue weighted by atomic mass is 16.6. The molecule has 0 saturated carbocycles. The molecule has 1 N–H and O–H groups in total. The second-order valence-corrected chi connectivity index (χ2v) is 3.97. The van der Waals surface area contributed by atoms with Crippen LogP contribution < -0.4 is 0 Å². The van der Waals surface area contributed by atoms with E-state index in [1.165, 1.54) is 20.8 Å². The standard InChI is InChI=1S/C9H10N6O4/c1-4-8(15(18)19)9(11-10-4)13-6(3)7(14(16)17)5(2)12-13/h1-3H3,(H,10,11). The van der Waals surface area contributed by atoms with E-state index in [1.807, 2.05) is 0 Å². The highest BCUT2D eigenvalue weighted by Gasteiger charge is 2.29. The smallest absolute Gasteiger partial charge is 0.273 e. The average molecular weight is 266 g/mol. The van der Waals surface area contributed by atoms with Gasteiger partial charge in [-0.05, 0) is 20.8 Å². The summed E-state index contributed by atoms with van der Waals surface area (Å²) in [4.78, 5) is 20.7. The number of hydrogen-bond donors (Lipinski definition) is 1. The molecule has 0 saturated heterocycles. The van der Waals surface area contributed by atoms with Crippen molar-refractivity contribution >= 4 is 11.4 Å². The van der Waals surface area contributed by atoms with E-state index in [-0.39, 0.29) is 34.3 Å². The fraction of sp³-hybridized carbons (Fsp3) is 0.333. The first-order valence-electron chi connectivity index (χ1n) is 5.25. The fourth-order valence-electron chi connectivity index (χ4n) is 1.88. The van der Waals surface area contributed by atoms with E-state index in [4.69, 9.17) is 0 Å². The van der Waals surface area contributed by atoms with Gasteiger partial charge in [0.1, 0.15) is 17.1 Å². The van der Waals surface area contributed by atoms with Gasteiger partial charge in [-0.25, -0.2) is 4.68 Å². The number of nitrogens with one attached hydrogen (secondary N) is 1. The van der Waals surface area contributed by atoms with Gasteiger partial charge >= 0.3 is 11.4 Å².